The molecule has 8 heteroatoms. The molecule has 0 aromatic carbocycles. The van der Waals surface area contributed by atoms with E-state index in [-0.39, 0.29) is 0 Å². The number of rotatable bonds is 4. The van der Waals surface area contributed by atoms with Gasteiger partial charge in [0, 0.05) is 29.0 Å². The van der Waals surface area contributed by atoms with Gasteiger partial charge in [-0.3, -0.25) is 10.1 Å². The highest BCUT2D eigenvalue weighted by Crippen LogP contribution is 2.09. The molecule has 0 aliphatic heterocycles. The van der Waals surface area contributed by atoms with E-state index in [9.17, 15) is 8.42 Å². The molecular weight excluding hydrogens is 264 g/mol. The number of hydrogen-bond acceptors (Lipinski definition) is 5. The lowest BCUT2D eigenvalue weighted by atomic mass is 10.2. The van der Waals surface area contributed by atoms with Crippen LogP contribution in [0.4, 0.5) is 0 Å². The van der Waals surface area contributed by atoms with Gasteiger partial charge in [-0.2, -0.15) is 0 Å². The SMILES string of the molecule is O=S(=O)(Cl)c1n[nH]c(CCc2ccccn2)n1. The molecule has 2 aromatic rings. The number of halogens is 1. The number of aromatic nitrogens is 4. The lowest BCUT2D eigenvalue weighted by molar-refractivity contribution is 0.601. The normalized spacial score (nSPS) is 11.6. The molecule has 0 atom stereocenters. The first kappa shape index (κ1) is 12.0. The summed E-state index contributed by atoms with van der Waals surface area (Å²) in [5.74, 6) is 0.467. The van der Waals surface area contributed by atoms with E-state index < -0.39 is 14.2 Å². The van der Waals surface area contributed by atoms with Crippen molar-refractivity contribution in [3.8, 4) is 0 Å². The Balaban J connectivity index is 2.04. The van der Waals surface area contributed by atoms with Gasteiger partial charge < -0.3 is 0 Å². The molecule has 2 heterocycles. The quantitative estimate of drug-likeness (QED) is 0.836. The number of aromatic amines is 1. The maximum Gasteiger partial charge on any atom is 0.298 e. The first-order valence-corrected chi connectivity index (χ1v) is 7.12. The van der Waals surface area contributed by atoms with Crippen molar-refractivity contribution < 1.29 is 8.42 Å². The van der Waals surface area contributed by atoms with Gasteiger partial charge in [-0.05, 0) is 18.6 Å². The van der Waals surface area contributed by atoms with Crippen LogP contribution in [0.5, 0.6) is 0 Å². The average Bonchev–Trinajstić information content (AvgIpc) is 2.76. The second kappa shape index (κ2) is 4.80. The zero-order chi connectivity index (χ0) is 12.3. The molecule has 6 nitrogen and oxygen atoms in total. The minimum atomic E-state index is -3.86. The maximum absolute atomic E-state index is 10.9. The number of aryl methyl sites for hydroxylation is 2. The highest BCUT2D eigenvalue weighted by atomic mass is 35.7. The monoisotopic (exact) mass is 272 g/mol. The van der Waals surface area contributed by atoms with Crippen molar-refractivity contribution in [1.29, 1.82) is 0 Å². The van der Waals surface area contributed by atoms with Crippen LogP contribution in [0, 0.1) is 0 Å². The third-order valence-corrected chi connectivity index (χ3v) is 3.11. The highest BCUT2D eigenvalue weighted by Gasteiger charge is 2.16. The van der Waals surface area contributed by atoms with Crippen molar-refractivity contribution in [3.63, 3.8) is 0 Å². The van der Waals surface area contributed by atoms with Gasteiger partial charge in [-0.1, -0.05) is 6.07 Å². The molecule has 0 aliphatic carbocycles. The van der Waals surface area contributed by atoms with Crippen LogP contribution in [0.2, 0.25) is 0 Å². The highest BCUT2D eigenvalue weighted by molar-refractivity contribution is 8.13. The molecule has 0 bridgehead atoms. The molecule has 0 radical (unpaired) electrons. The van der Waals surface area contributed by atoms with Crippen LogP contribution in [0.1, 0.15) is 11.5 Å². The Morgan fingerprint density at radius 3 is 2.71 bits per heavy atom. The Morgan fingerprint density at radius 1 is 1.29 bits per heavy atom. The average molecular weight is 273 g/mol. The van der Waals surface area contributed by atoms with Gasteiger partial charge >= 0.3 is 0 Å². The first-order valence-electron chi connectivity index (χ1n) is 4.81. The summed E-state index contributed by atoms with van der Waals surface area (Å²) in [4.78, 5) is 7.93. The van der Waals surface area contributed by atoms with Crippen molar-refractivity contribution in [3.05, 3.63) is 35.9 Å². The fourth-order valence-corrected chi connectivity index (χ4v) is 1.87. The molecule has 1 N–H and O–H groups in total. The number of pyridine rings is 1. The van der Waals surface area contributed by atoms with E-state index in [0.717, 1.165) is 5.69 Å². The lowest BCUT2D eigenvalue weighted by Gasteiger charge is -1.96. The van der Waals surface area contributed by atoms with Gasteiger partial charge in [0.05, 0.1) is 0 Å². The smallest absolute Gasteiger partial charge is 0.262 e. The molecule has 2 rings (SSSR count). The molecule has 0 spiro atoms. The maximum atomic E-state index is 10.9. The minimum absolute atomic E-state index is 0.393. The molecule has 0 fully saturated rings. The Labute approximate surface area is 102 Å². The molecule has 2 aromatic heterocycles. The third kappa shape index (κ3) is 3.24. The molecule has 0 aliphatic rings. The predicted octanol–water partition coefficient (Wildman–Crippen LogP) is 0.912. The van der Waals surface area contributed by atoms with Crippen molar-refractivity contribution in [2.75, 3.05) is 0 Å². The Bertz CT molecular complexity index is 596. The summed E-state index contributed by atoms with van der Waals surface area (Å²) < 4.78 is 21.9. The van der Waals surface area contributed by atoms with E-state index in [0.29, 0.717) is 18.7 Å². The zero-order valence-electron chi connectivity index (χ0n) is 8.67. The van der Waals surface area contributed by atoms with E-state index in [1.807, 2.05) is 18.2 Å². The van der Waals surface area contributed by atoms with Crippen LogP contribution in [0.25, 0.3) is 0 Å². The van der Waals surface area contributed by atoms with Crippen LogP contribution in [0.3, 0.4) is 0 Å². The molecule has 0 amide bonds. The standard InChI is InChI=1S/C9H9ClN4O2S/c10-17(15,16)9-12-8(13-14-9)5-4-7-3-1-2-6-11-7/h1-3,6H,4-5H2,(H,12,13,14). The largest absolute Gasteiger partial charge is 0.298 e. The number of H-pyrrole nitrogens is 1. The van der Waals surface area contributed by atoms with Crippen molar-refractivity contribution in [2.24, 2.45) is 0 Å². The lowest BCUT2D eigenvalue weighted by Crippen LogP contribution is -1.96. The summed E-state index contributed by atoms with van der Waals surface area (Å²) in [5, 5.41) is 5.66. The number of nitrogens with one attached hydrogen (secondary N) is 1. The molecule has 0 saturated carbocycles. The van der Waals surface area contributed by atoms with E-state index in [4.69, 9.17) is 10.7 Å². The summed E-state index contributed by atoms with van der Waals surface area (Å²) in [6.07, 6.45) is 2.87. The summed E-state index contributed by atoms with van der Waals surface area (Å²) in [5.41, 5.74) is 0.902. The van der Waals surface area contributed by atoms with Crippen molar-refractivity contribution >= 4 is 19.7 Å². The van der Waals surface area contributed by atoms with E-state index in [1.165, 1.54) is 0 Å². The molecule has 17 heavy (non-hydrogen) atoms. The minimum Gasteiger partial charge on any atom is -0.262 e. The van der Waals surface area contributed by atoms with Crippen LogP contribution in [-0.2, 0) is 21.9 Å². The van der Waals surface area contributed by atoms with Crippen LogP contribution in [0.15, 0.2) is 29.6 Å². The summed E-state index contributed by atoms with van der Waals surface area (Å²) >= 11 is 0. The summed E-state index contributed by atoms with van der Waals surface area (Å²) in [6, 6.07) is 5.60. The second-order valence-electron chi connectivity index (χ2n) is 3.32. The third-order valence-electron chi connectivity index (χ3n) is 2.07. The van der Waals surface area contributed by atoms with E-state index in [2.05, 4.69) is 20.2 Å². The van der Waals surface area contributed by atoms with Gasteiger partial charge in [-0.15, -0.1) is 5.10 Å². The first-order chi connectivity index (χ1) is 8.05. The van der Waals surface area contributed by atoms with Gasteiger partial charge in [-0.25, -0.2) is 13.4 Å². The summed E-state index contributed by atoms with van der Waals surface area (Å²) in [7, 11) is 1.24. The van der Waals surface area contributed by atoms with Crippen molar-refractivity contribution in [1.82, 2.24) is 20.2 Å². The predicted molar refractivity (Wildman–Crippen MR) is 61.1 cm³/mol. The fraction of sp³-hybridized carbons (Fsp3) is 0.222. The molecular formula is C9H9ClN4O2S. The van der Waals surface area contributed by atoms with Gasteiger partial charge in [0.2, 0.25) is 0 Å². The van der Waals surface area contributed by atoms with E-state index >= 15 is 0 Å². The number of hydrogen-bond donors (Lipinski definition) is 1. The van der Waals surface area contributed by atoms with Crippen LogP contribution < -0.4 is 0 Å². The van der Waals surface area contributed by atoms with Crippen LogP contribution in [-0.4, -0.2) is 28.6 Å². The Morgan fingerprint density at radius 2 is 2.12 bits per heavy atom. The zero-order valence-corrected chi connectivity index (χ0v) is 10.2. The fourth-order valence-electron chi connectivity index (χ4n) is 1.29. The Hall–Kier alpha value is -1.47. The number of nitrogens with zero attached hydrogens (tertiary/aromatic N) is 3. The molecule has 0 unspecified atom stereocenters. The topological polar surface area (TPSA) is 88.6 Å². The van der Waals surface area contributed by atoms with Crippen LogP contribution >= 0.6 is 10.7 Å². The molecule has 0 saturated heterocycles. The molecule has 90 valence electrons. The second-order valence-corrected chi connectivity index (χ2v) is 5.78. The van der Waals surface area contributed by atoms with Gasteiger partial charge in [0.25, 0.3) is 14.2 Å². The van der Waals surface area contributed by atoms with Gasteiger partial charge in [0.15, 0.2) is 0 Å². The van der Waals surface area contributed by atoms with Gasteiger partial charge in [0.1, 0.15) is 5.82 Å². The van der Waals surface area contributed by atoms with E-state index in [1.54, 1.807) is 6.20 Å². The van der Waals surface area contributed by atoms with Crippen molar-refractivity contribution in [2.45, 2.75) is 18.0 Å². The Kier molecular flexibility index (Phi) is 3.39. The summed E-state index contributed by atoms with van der Waals surface area (Å²) in [6.45, 7) is 0.